The van der Waals surface area contributed by atoms with Crippen LogP contribution >= 0.6 is 0 Å². The molecule has 0 radical (unpaired) electrons. The van der Waals surface area contributed by atoms with Crippen molar-refractivity contribution < 1.29 is 4.79 Å². The Balaban J connectivity index is 1.77. The Labute approximate surface area is 182 Å². The lowest BCUT2D eigenvalue weighted by Crippen LogP contribution is -2.58. The Hall–Kier alpha value is -3.22. The molecule has 0 fully saturated rings. The minimum absolute atomic E-state index is 0.0157. The first-order valence-corrected chi connectivity index (χ1v) is 10.8. The van der Waals surface area contributed by atoms with Crippen molar-refractivity contribution in [2.45, 2.75) is 57.7 Å². The van der Waals surface area contributed by atoms with E-state index in [4.69, 9.17) is 0 Å². The number of azo groups is 1. The standard InChI is InChI=1S/C24H28N6O/c1-6-24(17-9-7-8-15(10-17)16-12-25-30(5)13-16)19-14(2)28-29-21(19)26-18-11-23(3,4)27-22(31)20(18)24/h7-10,12-13,21,26H,6,11H2,1-5H3,(H,27,31)/t21?,24-/m1/s1. The van der Waals surface area contributed by atoms with Gasteiger partial charge in [-0.15, -0.1) is 0 Å². The summed E-state index contributed by atoms with van der Waals surface area (Å²) in [4.78, 5) is 13.5. The fourth-order valence-electron chi connectivity index (χ4n) is 5.46. The summed E-state index contributed by atoms with van der Waals surface area (Å²) in [7, 11) is 1.92. The molecular weight excluding hydrogens is 388 g/mol. The summed E-state index contributed by atoms with van der Waals surface area (Å²) < 4.78 is 1.80. The number of carbonyl (C=O) groups is 1. The molecule has 3 aliphatic heterocycles. The Morgan fingerprint density at radius 2 is 2.06 bits per heavy atom. The van der Waals surface area contributed by atoms with E-state index in [1.54, 1.807) is 4.68 Å². The predicted octanol–water partition coefficient (Wildman–Crippen LogP) is 3.96. The number of hydrogen-bond acceptors (Lipinski definition) is 5. The minimum Gasteiger partial charge on any atom is -0.362 e. The van der Waals surface area contributed by atoms with Gasteiger partial charge in [0.05, 0.1) is 22.9 Å². The van der Waals surface area contributed by atoms with Gasteiger partial charge in [-0.3, -0.25) is 9.48 Å². The molecule has 7 heteroatoms. The molecule has 1 aromatic heterocycles. The molecule has 31 heavy (non-hydrogen) atoms. The van der Waals surface area contributed by atoms with Crippen molar-refractivity contribution in [2.75, 3.05) is 0 Å². The van der Waals surface area contributed by atoms with Crippen LogP contribution in [-0.2, 0) is 17.3 Å². The molecule has 0 aliphatic carbocycles. The number of hydrogen-bond donors (Lipinski definition) is 2. The van der Waals surface area contributed by atoms with Crippen molar-refractivity contribution in [3.63, 3.8) is 0 Å². The van der Waals surface area contributed by atoms with E-state index in [0.29, 0.717) is 0 Å². The number of aromatic nitrogens is 2. The summed E-state index contributed by atoms with van der Waals surface area (Å²) >= 11 is 0. The monoisotopic (exact) mass is 416 g/mol. The Bertz CT molecular complexity index is 1180. The molecule has 0 bridgehead atoms. The number of nitrogens with one attached hydrogen (secondary N) is 2. The van der Waals surface area contributed by atoms with Crippen LogP contribution in [0.5, 0.6) is 0 Å². The predicted molar refractivity (Wildman–Crippen MR) is 119 cm³/mol. The minimum atomic E-state index is -0.586. The fourth-order valence-corrected chi connectivity index (χ4v) is 5.46. The molecule has 2 N–H and O–H groups in total. The molecule has 1 unspecified atom stereocenters. The summed E-state index contributed by atoms with van der Waals surface area (Å²) in [6, 6.07) is 8.48. The van der Waals surface area contributed by atoms with Crippen molar-refractivity contribution in [2.24, 2.45) is 17.3 Å². The van der Waals surface area contributed by atoms with E-state index in [1.807, 2.05) is 26.4 Å². The van der Waals surface area contributed by atoms with E-state index >= 15 is 0 Å². The first-order valence-electron chi connectivity index (χ1n) is 10.8. The Morgan fingerprint density at radius 3 is 2.77 bits per heavy atom. The third-order valence-corrected chi connectivity index (χ3v) is 6.71. The molecular formula is C24H28N6O. The number of allylic oxidation sites excluding steroid dienone is 1. The van der Waals surface area contributed by atoms with E-state index < -0.39 is 5.41 Å². The molecule has 1 aromatic carbocycles. The highest BCUT2D eigenvalue weighted by Gasteiger charge is 2.54. The maximum Gasteiger partial charge on any atom is 0.250 e. The maximum absolute atomic E-state index is 13.5. The SMILES string of the molecule is CC[C@]1(c2cccc(-c3cnn(C)c3)c2)C2=C(CC(C)(C)NC2=O)NC2N=NC(C)=C21. The summed E-state index contributed by atoms with van der Waals surface area (Å²) in [5, 5.41) is 20.0. The molecule has 3 aliphatic rings. The lowest BCUT2D eigenvalue weighted by Gasteiger charge is -2.48. The topological polar surface area (TPSA) is 83.7 Å². The van der Waals surface area contributed by atoms with Gasteiger partial charge in [0.2, 0.25) is 0 Å². The first kappa shape index (κ1) is 19.7. The number of fused-ring (bicyclic) bond motifs is 1. The van der Waals surface area contributed by atoms with Crippen LogP contribution in [0.4, 0.5) is 0 Å². The molecule has 4 heterocycles. The van der Waals surface area contributed by atoms with E-state index in [1.165, 1.54) is 0 Å². The van der Waals surface area contributed by atoms with Crippen LogP contribution in [0.3, 0.4) is 0 Å². The Kier molecular flexibility index (Phi) is 4.22. The second-order valence-electron chi connectivity index (χ2n) is 9.37. The average molecular weight is 417 g/mol. The van der Waals surface area contributed by atoms with Gasteiger partial charge in [0.15, 0.2) is 6.17 Å². The zero-order chi connectivity index (χ0) is 22.0. The summed E-state index contributed by atoms with van der Waals surface area (Å²) in [6.45, 7) is 8.25. The lowest BCUT2D eigenvalue weighted by molar-refractivity contribution is -0.120. The summed E-state index contributed by atoms with van der Waals surface area (Å²) in [6.07, 6.45) is 5.12. The second kappa shape index (κ2) is 6.64. The van der Waals surface area contributed by atoms with Crippen LogP contribution in [0.15, 0.2) is 69.4 Å². The second-order valence-corrected chi connectivity index (χ2v) is 9.37. The van der Waals surface area contributed by atoms with Gasteiger partial charge in [-0.1, -0.05) is 25.1 Å². The highest BCUT2D eigenvalue weighted by Crippen LogP contribution is 2.52. The number of aryl methyl sites for hydroxylation is 1. The number of nitrogens with zero attached hydrogens (tertiary/aromatic N) is 4. The molecule has 160 valence electrons. The zero-order valence-corrected chi connectivity index (χ0v) is 18.7. The summed E-state index contributed by atoms with van der Waals surface area (Å²) in [5.41, 5.74) is 6.06. The van der Waals surface area contributed by atoms with Crippen LogP contribution in [0, 0.1) is 0 Å². The van der Waals surface area contributed by atoms with Gasteiger partial charge in [0.25, 0.3) is 5.91 Å². The van der Waals surface area contributed by atoms with Gasteiger partial charge >= 0.3 is 0 Å². The third-order valence-electron chi connectivity index (χ3n) is 6.71. The number of rotatable bonds is 3. The van der Waals surface area contributed by atoms with Crippen molar-refractivity contribution in [3.05, 3.63) is 64.8 Å². The van der Waals surface area contributed by atoms with Crippen molar-refractivity contribution in [1.82, 2.24) is 20.4 Å². The fraction of sp³-hybridized carbons (Fsp3) is 0.417. The van der Waals surface area contributed by atoms with Crippen molar-refractivity contribution in [1.29, 1.82) is 0 Å². The molecule has 0 saturated heterocycles. The van der Waals surface area contributed by atoms with Gasteiger partial charge in [0, 0.05) is 42.0 Å². The number of carbonyl (C=O) groups excluding carboxylic acids is 1. The van der Waals surface area contributed by atoms with Gasteiger partial charge in [-0.2, -0.15) is 15.3 Å². The quantitative estimate of drug-likeness (QED) is 0.794. The van der Waals surface area contributed by atoms with Gasteiger partial charge < -0.3 is 10.6 Å². The van der Waals surface area contributed by atoms with Crippen LogP contribution < -0.4 is 10.6 Å². The third kappa shape index (κ3) is 2.86. The normalized spacial score (nSPS) is 26.5. The van der Waals surface area contributed by atoms with E-state index in [0.717, 1.165) is 52.1 Å². The lowest BCUT2D eigenvalue weighted by atomic mass is 9.61. The molecule has 2 atom stereocenters. The van der Waals surface area contributed by atoms with E-state index in [2.05, 4.69) is 71.0 Å². The molecule has 0 saturated carbocycles. The zero-order valence-electron chi connectivity index (χ0n) is 18.7. The molecule has 2 aromatic rings. The van der Waals surface area contributed by atoms with Crippen LogP contribution in [0.2, 0.25) is 0 Å². The molecule has 0 spiro atoms. The Morgan fingerprint density at radius 1 is 1.26 bits per heavy atom. The van der Waals surface area contributed by atoms with E-state index in [9.17, 15) is 4.79 Å². The first-order chi connectivity index (χ1) is 14.7. The number of benzene rings is 1. The summed E-state index contributed by atoms with van der Waals surface area (Å²) in [5.74, 6) is -0.0157. The van der Waals surface area contributed by atoms with Gasteiger partial charge in [-0.05, 0) is 44.4 Å². The smallest absolute Gasteiger partial charge is 0.250 e. The molecule has 7 nitrogen and oxygen atoms in total. The highest BCUT2D eigenvalue weighted by atomic mass is 16.2. The largest absolute Gasteiger partial charge is 0.362 e. The van der Waals surface area contributed by atoms with Crippen LogP contribution in [0.1, 0.15) is 46.1 Å². The highest BCUT2D eigenvalue weighted by molar-refractivity contribution is 6.00. The van der Waals surface area contributed by atoms with Gasteiger partial charge in [-0.25, -0.2) is 0 Å². The van der Waals surface area contributed by atoms with Crippen LogP contribution in [-0.4, -0.2) is 27.4 Å². The number of amides is 1. The maximum atomic E-state index is 13.5. The average Bonchev–Trinajstić information content (AvgIpc) is 3.31. The molecule has 5 rings (SSSR count). The van der Waals surface area contributed by atoms with Crippen molar-refractivity contribution >= 4 is 5.91 Å². The van der Waals surface area contributed by atoms with E-state index in [-0.39, 0.29) is 17.6 Å². The van der Waals surface area contributed by atoms with Crippen molar-refractivity contribution in [3.8, 4) is 11.1 Å². The van der Waals surface area contributed by atoms with Gasteiger partial charge in [0.1, 0.15) is 0 Å². The van der Waals surface area contributed by atoms with Crippen LogP contribution in [0.25, 0.3) is 11.1 Å². The molecule has 1 amide bonds.